The number of nitrogens with zero attached hydrogens (tertiary/aromatic N) is 3. The summed E-state index contributed by atoms with van der Waals surface area (Å²) in [4.78, 5) is 47.6. The first-order valence-electron chi connectivity index (χ1n) is 9.99. The van der Waals surface area contributed by atoms with Gasteiger partial charge in [-0.1, -0.05) is 24.9 Å². The van der Waals surface area contributed by atoms with Crippen molar-refractivity contribution in [1.82, 2.24) is 15.2 Å². The van der Waals surface area contributed by atoms with E-state index in [1.54, 1.807) is 5.38 Å². The number of carboxylic acid groups (broad SMARTS) is 1. The molecule has 4 N–H and O–H groups in total. The molecule has 3 rings (SSSR count). The molecule has 1 aromatic rings. The van der Waals surface area contributed by atoms with Crippen molar-refractivity contribution in [2.24, 2.45) is 5.16 Å². The van der Waals surface area contributed by atoms with Gasteiger partial charge in [0.15, 0.2) is 10.8 Å². The van der Waals surface area contributed by atoms with Crippen molar-refractivity contribution in [2.45, 2.75) is 56.2 Å². The summed E-state index contributed by atoms with van der Waals surface area (Å²) in [5, 5.41) is 17.2. The number of nitrogen functional groups attached to an aromatic ring is 1. The molecular formula is C19H25N5O5S2. The van der Waals surface area contributed by atoms with Crippen molar-refractivity contribution < 1.29 is 24.3 Å². The highest BCUT2D eigenvalue weighted by atomic mass is 32.2. The Kier molecular flexibility index (Phi) is 7.55. The summed E-state index contributed by atoms with van der Waals surface area (Å²) in [6.07, 6.45) is 5.52. The van der Waals surface area contributed by atoms with Gasteiger partial charge in [-0.15, -0.1) is 23.1 Å². The van der Waals surface area contributed by atoms with Gasteiger partial charge in [0.1, 0.15) is 29.4 Å². The molecule has 2 amide bonds. The molecule has 168 valence electrons. The lowest BCUT2D eigenvalue weighted by atomic mass is 10.0. The van der Waals surface area contributed by atoms with Gasteiger partial charge in [0.25, 0.3) is 11.8 Å². The number of anilines is 1. The second-order valence-corrected chi connectivity index (χ2v) is 9.54. The fourth-order valence-electron chi connectivity index (χ4n) is 3.24. The monoisotopic (exact) mass is 467 g/mol. The number of aromatic nitrogens is 1. The van der Waals surface area contributed by atoms with Gasteiger partial charge < -0.3 is 21.0 Å². The highest BCUT2D eigenvalue weighted by molar-refractivity contribution is 8.00. The third kappa shape index (κ3) is 5.18. The molecule has 31 heavy (non-hydrogen) atoms. The van der Waals surface area contributed by atoms with E-state index in [0.717, 1.165) is 37.0 Å². The smallest absolute Gasteiger partial charge is 0.352 e. The van der Waals surface area contributed by atoms with Crippen molar-refractivity contribution in [3.63, 3.8) is 0 Å². The van der Waals surface area contributed by atoms with Gasteiger partial charge in [0.05, 0.1) is 0 Å². The van der Waals surface area contributed by atoms with E-state index in [0.29, 0.717) is 6.61 Å². The zero-order valence-corrected chi connectivity index (χ0v) is 18.9. The normalized spacial score (nSPS) is 23.0. The number of unbranched alkanes of at least 4 members (excludes halogenated alkanes) is 3. The number of fused-ring (bicyclic) bond motifs is 1. The van der Waals surface area contributed by atoms with Crippen LogP contribution in [0.15, 0.2) is 22.3 Å². The molecule has 10 nitrogen and oxygen atoms in total. The molecule has 2 unspecified atom stereocenters. The highest BCUT2D eigenvalue weighted by Gasteiger charge is 2.54. The Morgan fingerprint density at radius 2 is 2.16 bits per heavy atom. The maximum Gasteiger partial charge on any atom is 0.352 e. The Hall–Kier alpha value is -2.60. The minimum atomic E-state index is -1.17. The van der Waals surface area contributed by atoms with Crippen molar-refractivity contribution in [2.75, 3.05) is 12.3 Å². The number of thiazole rings is 1. The number of nitrogens with one attached hydrogen (secondary N) is 1. The zero-order chi connectivity index (χ0) is 22.5. The number of thioether (sulfide) groups is 1. The van der Waals surface area contributed by atoms with E-state index in [9.17, 15) is 19.5 Å². The molecule has 2 aliphatic heterocycles. The Bertz CT molecular complexity index is 915. The minimum Gasteiger partial charge on any atom is -0.477 e. The summed E-state index contributed by atoms with van der Waals surface area (Å²) >= 11 is 2.56. The van der Waals surface area contributed by atoms with Gasteiger partial charge >= 0.3 is 5.97 Å². The molecule has 0 spiro atoms. The number of hydrogen-bond donors (Lipinski definition) is 3. The molecule has 3 heterocycles. The number of carbonyl (C=O) groups is 3. The molecule has 2 aliphatic rings. The minimum absolute atomic E-state index is 0.0664. The topological polar surface area (TPSA) is 147 Å². The summed E-state index contributed by atoms with van der Waals surface area (Å²) in [5.74, 6) is -2.28. The third-order valence-corrected chi connectivity index (χ3v) is 6.78. The molecule has 0 aliphatic carbocycles. The molecule has 12 heteroatoms. The summed E-state index contributed by atoms with van der Waals surface area (Å²) in [6, 6.07) is -0.867. The van der Waals surface area contributed by atoms with E-state index in [1.807, 2.05) is 6.92 Å². The van der Waals surface area contributed by atoms with Crippen molar-refractivity contribution >= 4 is 51.7 Å². The van der Waals surface area contributed by atoms with Crippen LogP contribution in [0.25, 0.3) is 0 Å². The van der Waals surface area contributed by atoms with Gasteiger partial charge in [0.2, 0.25) is 0 Å². The van der Waals surface area contributed by atoms with Gasteiger partial charge in [-0.25, -0.2) is 9.78 Å². The van der Waals surface area contributed by atoms with Crippen molar-refractivity contribution in [3.05, 3.63) is 22.8 Å². The van der Waals surface area contributed by atoms with E-state index in [-0.39, 0.29) is 27.5 Å². The lowest BCUT2D eigenvalue weighted by molar-refractivity contribution is -0.150. The lowest BCUT2D eigenvalue weighted by Crippen LogP contribution is -2.71. The van der Waals surface area contributed by atoms with E-state index in [4.69, 9.17) is 10.6 Å². The van der Waals surface area contributed by atoms with Crippen LogP contribution in [0.5, 0.6) is 0 Å². The van der Waals surface area contributed by atoms with Crippen molar-refractivity contribution in [1.29, 1.82) is 0 Å². The maximum atomic E-state index is 12.9. The van der Waals surface area contributed by atoms with Crippen LogP contribution in [0, 0.1) is 0 Å². The Morgan fingerprint density at radius 3 is 2.81 bits per heavy atom. The fraction of sp³-hybridized carbons (Fsp3) is 0.526. The zero-order valence-electron chi connectivity index (χ0n) is 17.2. The Morgan fingerprint density at radius 1 is 1.39 bits per heavy atom. The molecule has 3 atom stereocenters. The Balaban J connectivity index is 1.70. The number of carbonyl (C=O) groups excluding carboxylic acids is 2. The maximum absolute atomic E-state index is 12.9. The van der Waals surface area contributed by atoms with Crippen LogP contribution in [0.1, 0.15) is 45.2 Å². The number of aliphatic carboxylic acids is 1. The molecule has 1 aromatic heterocycles. The standard InChI is InChI=1S/C19H25N5O5S2/c1-3-4-5-6-7-29-23-13(11-9-30-19(20)21-11)15(25)22-14-16(26)24-12(18(27)28)8-10(2)31-17(14)24/h8-10,14,17H,3-7H2,1-2H3,(H2,20,21)(H,22,25)(H,27,28)/t10?,14?,17-/m1/s1. The van der Waals surface area contributed by atoms with Crippen LogP contribution in [-0.2, 0) is 19.2 Å². The van der Waals surface area contributed by atoms with Crippen LogP contribution in [0.3, 0.4) is 0 Å². The second kappa shape index (κ2) is 10.1. The van der Waals surface area contributed by atoms with Crippen LogP contribution in [0.4, 0.5) is 5.13 Å². The van der Waals surface area contributed by atoms with E-state index < -0.39 is 29.2 Å². The second-order valence-electron chi connectivity index (χ2n) is 7.15. The SMILES string of the molecule is CCCCCCON=C(C(=O)NC1C(=O)N2C(C(=O)O)=CC(C)S[C@H]12)c1csc(N)n1. The molecule has 1 fully saturated rings. The Labute approximate surface area is 187 Å². The molecule has 0 radical (unpaired) electrons. The van der Waals surface area contributed by atoms with Gasteiger partial charge in [-0.05, 0) is 25.8 Å². The first kappa shape index (κ1) is 23.1. The number of nitrogens with two attached hydrogens (primary N) is 1. The number of oxime groups is 1. The number of rotatable bonds is 10. The molecule has 0 saturated carbocycles. The van der Waals surface area contributed by atoms with Crippen LogP contribution < -0.4 is 11.1 Å². The number of hydrogen-bond acceptors (Lipinski definition) is 9. The van der Waals surface area contributed by atoms with E-state index >= 15 is 0 Å². The average molecular weight is 468 g/mol. The molecule has 1 saturated heterocycles. The highest BCUT2D eigenvalue weighted by Crippen LogP contribution is 2.40. The number of amides is 2. The first-order valence-corrected chi connectivity index (χ1v) is 11.8. The predicted octanol–water partition coefficient (Wildman–Crippen LogP) is 1.78. The molecular weight excluding hydrogens is 442 g/mol. The first-order chi connectivity index (χ1) is 14.8. The van der Waals surface area contributed by atoms with Crippen LogP contribution in [-0.4, -0.2) is 61.8 Å². The van der Waals surface area contributed by atoms with Gasteiger partial charge in [0, 0.05) is 10.6 Å². The fourth-order valence-corrected chi connectivity index (χ4v) is 5.12. The quantitative estimate of drug-likeness (QED) is 0.204. The third-order valence-electron chi connectivity index (χ3n) is 4.78. The summed E-state index contributed by atoms with van der Waals surface area (Å²) in [5.41, 5.74) is 5.81. The lowest BCUT2D eigenvalue weighted by Gasteiger charge is -2.49. The predicted molar refractivity (Wildman–Crippen MR) is 118 cm³/mol. The summed E-state index contributed by atoms with van der Waals surface area (Å²) in [6.45, 7) is 4.30. The molecule has 0 bridgehead atoms. The molecule has 0 aromatic carbocycles. The number of carboxylic acids is 1. The summed E-state index contributed by atoms with van der Waals surface area (Å²) in [7, 11) is 0. The van der Waals surface area contributed by atoms with Crippen LogP contribution in [0.2, 0.25) is 0 Å². The van der Waals surface area contributed by atoms with E-state index in [2.05, 4.69) is 22.4 Å². The average Bonchev–Trinajstić information content (AvgIpc) is 3.16. The number of β-lactam (4-membered cyclic amide) rings is 1. The van der Waals surface area contributed by atoms with Crippen molar-refractivity contribution in [3.8, 4) is 0 Å². The summed E-state index contributed by atoms with van der Waals surface area (Å²) < 4.78 is 0. The van der Waals surface area contributed by atoms with Gasteiger partial charge in [-0.3, -0.25) is 14.5 Å². The largest absolute Gasteiger partial charge is 0.477 e. The van der Waals surface area contributed by atoms with Crippen LogP contribution >= 0.6 is 23.1 Å². The van der Waals surface area contributed by atoms with E-state index in [1.165, 1.54) is 22.7 Å². The van der Waals surface area contributed by atoms with Gasteiger partial charge in [-0.2, -0.15) is 0 Å².